The maximum atomic E-state index is 11.3. The molecule has 0 atom stereocenters. The third-order valence-corrected chi connectivity index (χ3v) is 2.06. The van der Waals surface area contributed by atoms with Crippen LogP contribution in [-0.2, 0) is 0 Å². The molecule has 80 valence electrons. The Hall–Kier alpha value is -2.04. The fourth-order valence-corrected chi connectivity index (χ4v) is 1.17. The Labute approximate surface area is 88.4 Å². The minimum atomic E-state index is -0.212. The van der Waals surface area contributed by atoms with Crippen LogP contribution in [-0.4, -0.2) is 26.0 Å². The molecular formula is C10H14N4O. The standard InChI is InChI=1S/C10H14N4O/c1-13-10(15)14(2)8-5-3-4-7(6-8)9(11)12/h3-6H,1-2H3,(H3,11,12)(H,13,15). The summed E-state index contributed by atoms with van der Waals surface area (Å²) in [6, 6.07) is 6.74. The Morgan fingerprint density at radius 3 is 2.73 bits per heavy atom. The minimum absolute atomic E-state index is 0.0119. The molecule has 0 aliphatic rings. The van der Waals surface area contributed by atoms with Crippen molar-refractivity contribution in [2.75, 3.05) is 19.0 Å². The predicted molar refractivity (Wildman–Crippen MR) is 60.3 cm³/mol. The Bertz CT molecular complexity index is 389. The molecule has 1 aromatic carbocycles. The summed E-state index contributed by atoms with van der Waals surface area (Å²) in [6.45, 7) is 0. The summed E-state index contributed by atoms with van der Waals surface area (Å²) >= 11 is 0. The SMILES string of the molecule is CNC(=O)N(C)c1cccc(C(=N)N)c1. The van der Waals surface area contributed by atoms with E-state index in [-0.39, 0.29) is 11.9 Å². The molecule has 0 unspecified atom stereocenters. The summed E-state index contributed by atoms with van der Waals surface area (Å²) in [5.74, 6) is -0.0119. The number of nitrogen functional groups attached to an aromatic ring is 1. The van der Waals surface area contributed by atoms with Gasteiger partial charge in [0, 0.05) is 25.3 Å². The molecule has 0 heterocycles. The molecule has 1 aromatic rings. The lowest BCUT2D eigenvalue weighted by molar-refractivity contribution is 0.249. The Balaban J connectivity index is 3.00. The van der Waals surface area contributed by atoms with E-state index in [4.69, 9.17) is 11.1 Å². The molecule has 0 spiro atoms. The molecule has 0 bridgehead atoms. The number of carbonyl (C=O) groups is 1. The van der Waals surface area contributed by atoms with E-state index in [1.54, 1.807) is 38.4 Å². The van der Waals surface area contributed by atoms with Crippen LogP contribution in [0.25, 0.3) is 0 Å². The van der Waals surface area contributed by atoms with Crippen molar-refractivity contribution in [1.82, 2.24) is 5.32 Å². The van der Waals surface area contributed by atoms with Crippen LogP contribution in [0.5, 0.6) is 0 Å². The molecule has 0 aromatic heterocycles. The van der Waals surface area contributed by atoms with Crippen molar-refractivity contribution in [1.29, 1.82) is 5.41 Å². The molecule has 5 nitrogen and oxygen atoms in total. The maximum Gasteiger partial charge on any atom is 0.321 e. The van der Waals surface area contributed by atoms with Gasteiger partial charge in [0.15, 0.2) is 0 Å². The molecule has 2 amide bonds. The lowest BCUT2D eigenvalue weighted by atomic mass is 10.2. The number of hydrogen-bond acceptors (Lipinski definition) is 2. The average molecular weight is 206 g/mol. The highest BCUT2D eigenvalue weighted by atomic mass is 16.2. The summed E-state index contributed by atoms with van der Waals surface area (Å²) in [4.78, 5) is 12.8. The molecule has 1 rings (SSSR count). The van der Waals surface area contributed by atoms with Gasteiger partial charge in [-0.3, -0.25) is 10.3 Å². The molecular weight excluding hydrogens is 192 g/mol. The van der Waals surface area contributed by atoms with Gasteiger partial charge in [-0.2, -0.15) is 0 Å². The van der Waals surface area contributed by atoms with Crippen molar-refractivity contribution in [3.63, 3.8) is 0 Å². The highest BCUT2D eigenvalue weighted by Crippen LogP contribution is 2.14. The zero-order valence-electron chi connectivity index (χ0n) is 8.74. The van der Waals surface area contributed by atoms with Gasteiger partial charge in [-0.25, -0.2) is 4.79 Å². The van der Waals surface area contributed by atoms with Crippen molar-refractivity contribution in [3.05, 3.63) is 29.8 Å². The molecule has 0 fully saturated rings. The Morgan fingerprint density at radius 2 is 2.20 bits per heavy atom. The fraction of sp³-hybridized carbons (Fsp3) is 0.200. The number of benzene rings is 1. The molecule has 0 aliphatic carbocycles. The van der Waals surface area contributed by atoms with Gasteiger partial charge in [0.2, 0.25) is 0 Å². The van der Waals surface area contributed by atoms with Gasteiger partial charge >= 0.3 is 6.03 Å². The summed E-state index contributed by atoms with van der Waals surface area (Å²) < 4.78 is 0. The van der Waals surface area contributed by atoms with E-state index in [0.29, 0.717) is 11.3 Å². The number of amidine groups is 1. The van der Waals surface area contributed by atoms with Crippen LogP contribution in [0.15, 0.2) is 24.3 Å². The monoisotopic (exact) mass is 206 g/mol. The van der Waals surface area contributed by atoms with Crippen LogP contribution in [0.2, 0.25) is 0 Å². The van der Waals surface area contributed by atoms with E-state index >= 15 is 0 Å². The number of rotatable bonds is 2. The first kappa shape index (κ1) is 11.0. The van der Waals surface area contributed by atoms with Crippen molar-refractivity contribution < 1.29 is 4.79 Å². The fourth-order valence-electron chi connectivity index (χ4n) is 1.17. The second-order valence-electron chi connectivity index (χ2n) is 3.08. The van der Waals surface area contributed by atoms with Gasteiger partial charge < -0.3 is 11.1 Å². The van der Waals surface area contributed by atoms with E-state index in [1.165, 1.54) is 4.90 Å². The smallest absolute Gasteiger partial charge is 0.321 e. The maximum absolute atomic E-state index is 11.3. The van der Waals surface area contributed by atoms with E-state index in [9.17, 15) is 4.79 Å². The summed E-state index contributed by atoms with van der Waals surface area (Å²) in [7, 11) is 3.21. The zero-order chi connectivity index (χ0) is 11.4. The highest BCUT2D eigenvalue weighted by molar-refractivity contribution is 5.97. The second kappa shape index (κ2) is 4.45. The number of amides is 2. The van der Waals surface area contributed by atoms with Crippen molar-refractivity contribution in [2.45, 2.75) is 0 Å². The Morgan fingerprint density at radius 1 is 1.53 bits per heavy atom. The van der Waals surface area contributed by atoms with Crippen LogP contribution in [0.3, 0.4) is 0 Å². The topological polar surface area (TPSA) is 82.2 Å². The molecule has 0 saturated heterocycles. The average Bonchev–Trinajstić information content (AvgIpc) is 2.27. The van der Waals surface area contributed by atoms with E-state index in [2.05, 4.69) is 5.32 Å². The van der Waals surface area contributed by atoms with Gasteiger partial charge in [-0.05, 0) is 12.1 Å². The molecule has 0 saturated carbocycles. The summed E-state index contributed by atoms with van der Waals surface area (Å²) in [5, 5.41) is 9.80. The number of carbonyl (C=O) groups excluding carboxylic acids is 1. The first-order chi connectivity index (χ1) is 7.06. The second-order valence-corrected chi connectivity index (χ2v) is 3.08. The third-order valence-electron chi connectivity index (χ3n) is 2.06. The van der Waals surface area contributed by atoms with Crippen LogP contribution in [0.4, 0.5) is 10.5 Å². The first-order valence-corrected chi connectivity index (χ1v) is 4.46. The van der Waals surface area contributed by atoms with Gasteiger partial charge in [0.1, 0.15) is 5.84 Å². The molecule has 0 radical (unpaired) electrons. The number of anilines is 1. The predicted octanol–water partition coefficient (Wildman–Crippen LogP) is 0.746. The number of nitrogens with two attached hydrogens (primary N) is 1. The summed E-state index contributed by atoms with van der Waals surface area (Å²) in [5.41, 5.74) is 6.65. The zero-order valence-corrected chi connectivity index (χ0v) is 8.74. The van der Waals surface area contributed by atoms with Gasteiger partial charge in [-0.1, -0.05) is 12.1 Å². The van der Waals surface area contributed by atoms with Gasteiger partial charge in [-0.15, -0.1) is 0 Å². The number of hydrogen-bond donors (Lipinski definition) is 3. The molecule has 15 heavy (non-hydrogen) atoms. The van der Waals surface area contributed by atoms with Crippen molar-refractivity contribution >= 4 is 17.6 Å². The lowest BCUT2D eigenvalue weighted by Gasteiger charge is -2.17. The van der Waals surface area contributed by atoms with Crippen LogP contribution < -0.4 is 16.0 Å². The minimum Gasteiger partial charge on any atom is -0.384 e. The van der Waals surface area contributed by atoms with Crippen molar-refractivity contribution in [2.24, 2.45) is 5.73 Å². The normalized spacial score (nSPS) is 9.47. The largest absolute Gasteiger partial charge is 0.384 e. The van der Waals surface area contributed by atoms with E-state index in [1.807, 2.05) is 0 Å². The number of nitrogens with one attached hydrogen (secondary N) is 2. The number of urea groups is 1. The molecule has 0 aliphatic heterocycles. The van der Waals surface area contributed by atoms with Crippen molar-refractivity contribution in [3.8, 4) is 0 Å². The third kappa shape index (κ3) is 2.46. The van der Waals surface area contributed by atoms with E-state index in [0.717, 1.165) is 0 Å². The van der Waals surface area contributed by atoms with Gasteiger partial charge in [0.25, 0.3) is 0 Å². The quantitative estimate of drug-likeness (QED) is 0.493. The summed E-state index contributed by atoms with van der Waals surface area (Å²) in [6.07, 6.45) is 0. The lowest BCUT2D eigenvalue weighted by Crippen LogP contribution is -2.34. The van der Waals surface area contributed by atoms with Crippen LogP contribution in [0, 0.1) is 5.41 Å². The van der Waals surface area contributed by atoms with E-state index < -0.39 is 0 Å². The first-order valence-electron chi connectivity index (χ1n) is 4.46. The molecule has 5 heteroatoms. The molecule has 4 N–H and O–H groups in total. The van der Waals surface area contributed by atoms with Crippen LogP contribution >= 0.6 is 0 Å². The van der Waals surface area contributed by atoms with Crippen LogP contribution in [0.1, 0.15) is 5.56 Å². The van der Waals surface area contributed by atoms with Gasteiger partial charge in [0.05, 0.1) is 0 Å². The number of nitrogens with zero attached hydrogens (tertiary/aromatic N) is 1. The Kier molecular flexibility index (Phi) is 3.28. The highest BCUT2D eigenvalue weighted by Gasteiger charge is 2.09.